The predicted octanol–water partition coefficient (Wildman–Crippen LogP) is 5.79. The summed E-state index contributed by atoms with van der Waals surface area (Å²) in [4.78, 5) is 17.7. The van der Waals surface area contributed by atoms with Gasteiger partial charge in [-0.15, -0.1) is 0 Å². The largest absolute Gasteiger partial charge is 0.348 e. The summed E-state index contributed by atoms with van der Waals surface area (Å²) in [5.41, 5.74) is 5.10. The van der Waals surface area contributed by atoms with Crippen LogP contribution in [-0.4, -0.2) is 10.9 Å². The topological polar surface area (TPSA) is 42.0 Å². The van der Waals surface area contributed by atoms with Gasteiger partial charge in [-0.1, -0.05) is 77.8 Å². The standard InChI is InChI=1S/C24H19ClN2O/c1-16-10-12-17(13-11-16)15-26-24(28)20-14-23(19-7-2-4-8-21(19)25)27-22-9-5-3-6-18(20)22/h2-14H,15H2,1H3,(H,26,28). The maximum Gasteiger partial charge on any atom is 0.252 e. The van der Waals surface area contributed by atoms with Crippen molar-refractivity contribution in [1.29, 1.82) is 0 Å². The Morgan fingerprint density at radius 1 is 0.964 bits per heavy atom. The number of aryl methyl sites for hydroxylation is 1. The first kappa shape index (κ1) is 18.2. The summed E-state index contributed by atoms with van der Waals surface area (Å²) in [6, 6.07) is 25.1. The molecule has 4 aromatic rings. The third-order valence-corrected chi connectivity index (χ3v) is 5.01. The Morgan fingerprint density at radius 3 is 2.46 bits per heavy atom. The van der Waals surface area contributed by atoms with E-state index >= 15 is 0 Å². The van der Waals surface area contributed by atoms with Crippen LogP contribution in [0.1, 0.15) is 21.5 Å². The van der Waals surface area contributed by atoms with Gasteiger partial charge >= 0.3 is 0 Å². The zero-order valence-electron chi connectivity index (χ0n) is 15.4. The number of nitrogens with one attached hydrogen (secondary N) is 1. The van der Waals surface area contributed by atoms with Gasteiger partial charge in [-0.25, -0.2) is 4.98 Å². The van der Waals surface area contributed by atoms with Crippen molar-refractivity contribution in [3.63, 3.8) is 0 Å². The summed E-state index contributed by atoms with van der Waals surface area (Å²) < 4.78 is 0. The molecule has 0 atom stereocenters. The number of aromatic nitrogens is 1. The normalized spacial score (nSPS) is 10.8. The number of benzene rings is 3. The third kappa shape index (κ3) is 3.75. The van der Waals surface area contributed by atoms with Gasteiger partial charge in [-0.2, -0.15) is 0 Å². The molecule has 4 rings (SSSR count). The van der Waals surface area contributed by atoms with Gasteiger partial charge in [0.25, 0.3) is 5.91 Å². The first-order valence-electron chi connectivity index (χ1n) is 9.10. The molecule has 1 aromatic heterocycles. The highest BCUT2D eigenvalue weighted by molar-refractivity contribution is 6.33. The van der Waals surface area contributed by atoms with Crippen LogP contribution in [-0.2, 0) is 6.54 Å². The predicted molar refractivity (Wildman–Crippen MR) is 115 cm³/mol. The average Bonchev–Trinajstić information content (AvgIpc) is 2.72. The molecule has 0 bridgehead atoms. The highest BCUT2D eigenvalue weighted by Crippen LogP contribution is 2.29. The first-order chi connectivity index (χ1) is 13.6. The average molecular weight is 387 g/mol. The van der Waals surface area contributed by atoms with E-state index in [4.69, 9.17) is 16.6 Å². The van der Waals surface area contributed by atoms with E-state index in [0.717, 1.165) is 22.0 Å². The molecule has 3 aromatic carbocycles. The summed E-state index contributed by atoms with van der Waals surface area (Å²) in [6.07, 6.45) is 0. The molecule has 0 aliphatic carbocycles. The molecule has 1 amide bonds. The lowest BCUT2D eigenvalue weighted by molar-refractivity contribution is 0.0952. The molecule has 1 N–H and O–H groups in total. The van der Waals surface area contributed by atoms with Crippen LogP contribution in [0.4, 0.5) is 0 Å². The van der Waals surface area contributed by atoms with Gasteiger partial charge in [-0.3, -0.25) is 4.79 Å². The van der Waals surface area contributed by atoms with Crippen molar-refractivity contribution in [3.8, 4) is 11.3 Å². The Bertz CT molecular complexity index is 1150. The minimum Gasteiger partial charge on any atom is -0.348 e. The van der Waals surface area contributed by atoms with Crippen molar-refractivity contribution in [1.82, 2.24) is 10.3 Å². The molecule has 3 nitrogen and oxygen atoms in total. The van der Waals surface area contributed by atoms with Crippen molar-refractivity contribution in [2.75, 3.05) is 0 Å². The Morgan fingerprint density at radius 2 is 1.68 bits per heavy atom. The molecule has 0 saturated carbocycles. The molecular weight excluding hydrogens is 368 g/mol. The number of hydrogen-bond acceptors (Lipinski definition) is 2. The van der Waals surface area contributed by atoms with Crippen LogP contribution in [0.5, 0.6) is 0 Å². The van der Waals surface area contributed by atoms with Gasteiger partial charge in [0.1, 0.15) is 0 Å². The van der Waals surface area contributed by atoms with E-state index in [1.54, 1.807) is 0 Å². The highest BCUT2D eigenvalue weighted by Gasteiger charge is 2.15. The Kier molecular flexibility index (Phi) is 5.09. The van der Waals surface area contributed by atoms with E-state index in [0.29, 0.717) is 22.8 Å². The van der Waals surface area contributed by atoms with Gasteiger partial charge in [0.05, 0.1) is 16.8 Å². The van der Waals surface area contributed by atoms with Gasteiger partial charge in [-0.05, 0) is 30.7 Å². The minimum absolute atomic E-state index is 0.132. The minimum atomic E-state index is -0.132. The molecule has 0 radical (unpaired) electrons. The van der Waals surface area contributed by atoms with Crippen molar-refractivity contribution in [3.05, 3.63) is 101 Å². The van der Waals surface area contributed by atoms with E-state index in [9.17, 15) is 4.79 Å². The quantitative estimate of drug-likeness (QED) is 0.482. The number of carbonyl (C=O) groups excluding carboxylic acids is 1. The number of pyridine rings is 1. The number of carbonyl (C=O) groups is 1. The fourth-order valence-corrected chi connectivity index (χ4v) is 3.39. The van der Waals surface area contributed by atoms with E-state index in [-0.39, 0.29) is 5.91 Å². The van der Waals surface area contributed by atoms with Crippen LogP contribution in [0, 0.1) is 6.92 Å². The van der Waals surface area contributed by atoms with Crippen LogP contribution >= 0.6 is 11.6 Å². The van der Waals surface area contributed by atoms with Crippen molar-refractivity contribution in [2.45, 2.75) is 13.5 Å². The van der Waals surface area contributed by atoms with Crippen LogP contribution < -0.4 is 5.32 Å². The Balaban J connectivity index is 1.71. The highest BCUT2D eigenvalue weighted by atomic mass is 35.5. The smallest absolute Gasteiger partial charge is 0.252 e. The van der Waals surface area contributed by atoms with Crippen LogP contribution in [0.25, 0.3) is 22.2 Å². The van der Waals surface area contributed by atoms with E-state index in [1.165, 1.54) is 5.56 Å². The number of amides is 1. The van der Waals surface area contributed by atoms with Gasteiger partial charge in [0.15, 0.2) is 0 Å². The summed E-state index contributed by atoms with van der Waals surface area (Å²) in [6.45, 7) is 2.51. The maximum absolute atomic E-state index is 13.0. The molecule has 0 saturated heterocycles. The van der Waals surface area contributed by atoms with E-state index in [2.05, 4.69) is 5.32 Å². The van der Waals surface area contributed by atoms with Crippen LogP contribution in [0.3, 0.4) is 0 Å². The summed E-state index contributed by atoms with van der Waals surface area (Å²) in [5.74, 6) is -0.132. The summed E-state index contributed by atoms with van der Waals surface area (Å²) in [7, 11) is 0. The van der Waals surface area contributed by atoms with Crippen LogP contribution in [0.2, 0.25) is 5.02 Å². The zero-order chi connectivity index (χ0) is 19.5. The molecule has 4 heteroatoms. The Hall–Kier alpha value is -3.17. The molecule has 0 spiro atoms. The molecule has 0 fully saturated rings. The van der Waals surface area contributed by atoms with Crippen LogP contribution in [0.15, 0.2) is 78.9 Å². The lowest BCUT2D eigenvalue weighted by atomic mass is 10.0. The number of hydrogen-bond donors (Lipinski definition) is 1. The number of para-hydroxylation sites is 1. The first-order valence-corrected chi connectivity index (χ1v) is 9.48. The molecule has 0 aliphatic rings. The maximum atomic E-state index is 13.0. The molecule has 138 valence electrons. The second-order valence-electron chi connectivity index (χ2n) is 6.72. The lowest BCUT2D eigenvalue weighted by Gasteiger charge is -2.11. The summed E-state index contributed by atoms with van der Waals surface area (Å²) >= 11 is 6.36. The molecule has 28 heavy (non-hydrogen) atoms. The van der Waals surface area contributed by atoms with Crippen molar-refractivity contribution >= 4 is 28.4 Å². The number of rotatable bonds is 4. The fourth-order valence-electron chi connectivity index (χ4n) is 3.15. The number of fused-ring (bicyclic) bond motifs is 1. The fraction of sp³-hybridized carbons (Fsp3) is 0.0833. The lowest BCUT2D eigenvalue weighted by Crippen LogP contribution is -2.23. The molecule has 1 heterocycles. The molecule has 0 aliphatic heterocycles. The van der Waals surface area contributed by atoms with E-state index < -0.39 is 0 Å². The van der Waals surface area contributed by atoms with Crippen molar-refractivity contribution in [2.24, 2.45) is 0 Å². The third-order valence-electron chi connectivity index (χ3n) is 4.68. The second kappa shape index (κ2) is 7.83. The van der Waals surface area contributed by atoms with Gasteiger partial charge in [0, 0.05) is 22.5 Å². The SMILES string of the molecule is Cc1ccc(CNC(=O)c2cc(-c3ccccc3Cl)nc3ccccc23)cc1. The monoisotopic (exact) mass is 386 g/mol. The Labute approximate surface area is 169 Å². The zero-order valence-corrected chi connectivity index (χ0v) is 16.2. The molecule has 0 unspecified atom stereocenters. The van der Waals surface area contributed by atoms with Crippen molar-refractivity contribution < 1.29 is 4.79 Å². The molecular formula is C24H19ClN2O. The van der Waals surface area contributed by atoms with Gasteiger partial charge < -0.3 is 5.32 Å². The van der Waals surface area contributed by atoms with E-state index in [1.807, 2.05) is 85.8 Å². The number of nitrogens with zero attached hydrogens (tertiary/aromatic N) is 1. The van der Waals surface area contributed by atoms with Gasteiger partial charge in [0.2, 0.25) is 0 Å². The summed E-state index contributed by atoms with van der Waals surface area (Å²) in [5, 5.41) is 4.45. The number of halogens is 1. The second-order valence-corrected chi connectivity index (χ2v) is 7.13.